The van der Waals surface area contributed by atoms with Gasteiger partial charge in [0.15, 0.2) is 5.82 Å². The van der Waals surface area contributed by atoms with Gasteiger partial charge in [-0.25, -0.2) is 8.42 Å². The molecular formula is C16H24ClN5O3S. The molecule has 144 valence electrons. The number of aromatic nitrogens is 2. The summed E-state index contributed by atoms with van der Waals surface area (Å²) in [5.41, 5.74) is 7.52. The van der Waals surface area contributed by atoms with Crippen LogP contribution >= 0.6 is 12.4 Å². The lowest BCUT2D eigenvalue weighted by Gasteiger charge is -2.20. The third-order valence-electron chi connectivity index (χ3n) is 4.40. The lowest BCUT2D eigenvalue weighted by molar-refractivity contribution is 0.374. The van der Waals surface area contributed by atoms with Gasteiger partial charge in [-0.05, 0) is 30.2 Å². The smallest absolute Gasteiger partial charge is 0.243 e. The summed E-state index contributed by atoms with van der Waals surface area (Å²) in [5, 5.41) is 3.92. The molecule has 1 aliphatic rings. The van der Waals surface area contributed by atoms with E-state index in [9.17, 15) is 8.42 Å². The van der Waals surface area contributed by atoms with Crippen LogP contribution in [0.4, 0.5) is 5.69 Å². The number of sulfonamides is 1. The third kappa shape index (κ3) is 3.85. The van der Waals surface area contributed by atoms with Crippen molar-refractivity contribution in [1.29, 1.82) is 0 Å². The van der Waals surface area contributed by atoms with Crippen LogP contribution in [-0.2, 0) is 29.5 Å². The van der Waals surface area contributed by atoms with Crippen molar-refractivity contribution in [2.75, 3.05) is 24.5 Å². The molecule has 0 saturated heterocycles. The van der Waals surface area contributed by atoms with Crippen LogP contribution in [0.1, 0.15) is 31.1 Å². The highest BCUT2D eigenvalue weighted by atomic mass is 35.5. The van der Waals surface area contributed by atoms with Crippen molar-refractivity contribution < 1.29 is 12.9 Å². The van der Waals surface area contributed by atoms with Crippen molar-refractivity contribution in [3.05, 3.63) is 35.5 Å². The predicted octanol–water partition coefficient (Wildman–Crippen LogP) is 1.54. The number of rotatable bonds is 7. The molecule has 2 heterocycles. The van der Waals surface area contributed by atoms with Crippen LogP contribution in [0.3, 0.4) is 0 Å². The molecule has 10 heteroatoms. The van der Waals surface area contributed by atoms with Crippen LogP contribution in [0.5, 0.6) is 0 Å². The molecule has 2 N–H and O–H groups in total. The average molecular weight is 402 g/mol. The van der Waals surface area contributed by atoms with E-state index < -0.39 is 10.0 Å². The van der Waals surface area contributed by atoms with Crippen LogP contribution in [-0.4, -0.2) is 42.5 Å². The van der Waals surface area contributed by atoms with Crippen LogP contribution in [0.15, 0.2) is 27.6 Å². The second kappa shape index (κ2) is 8.34. The third-order valence-corrected chi connectivity index (χ3v) is 6.45. The topological polar surface area (TPSA) is 106 Å². The van der Waals surface area contributed by atoms with Crippen molar-refractivity contribution >= 4 is 28.1 Å². The monoisotopic (exact) mass is 401 g/mol. The molecule has 1 aliphatic heterocycles. The van der Waals surface area contributed by atoms with Gasteiger partial charge in [0.2, 0.25) is 15.9 Å². The molecule has 8 nitrogen and oxygen atoms in total. The van der Waals surface area contributed by atoms with Gasteiger partial charge < -0.3 is 15.2 Å². The van der Waals surface area contributed by atoms with Crippen LogP contribution in [0.2, 0.25) is 0 Å². The number of anilines is 1. The number of benzene rings is 1. The van der Waals surface area contributed by atoms with E-state index in [0.29, 0.717) is 36.2 Å². The molecule has 0 fully saturated rings. The second-order valence-corrected chi connectivity index (χ2v) is 7.80. The lowest BCUT2D eigenvalue weighted by Crippen LogP contribution is -2.30. The van der Waals surface area contributed by atoms with E-state index >= 15 is 0 Å². The SMILES string of the molecule is CCN(CC)S(=O)(=O)c1ccc2c(c1)CCN2Cc1noc(CN)n1.Cl. The first-order valence-electron chi connectivity index (χ1n) is 8.39. The molecule has 0 saturated carbocycles. The predicted molar refractivity (Wildman–Crippen MR) is 101 cm³/mol. The summed E-state index contributed by atoms with van der Waals surface area (Å²) in [4.78, 5) is 6.69. The Hall–Kier alpha value is -1.68. The highest BCUT2D eigenvalue weighted by Crippen LogP contribution is 2.31. The lowest BCUT2D eigenvalue weighted by atomic mass is 10.2. The van der Waals surface area contributed by atoms with Gasteiger partial charge in [0.1, 0.15) is 0 Å². The summed E-state index contributed by atoms with van der Waals surface area (Å²) in [7, 11) is -3.44. The van der Waals surface area contributed by atoms with Gasteiger partial charge in [0.05, 0.1) is 18.0 Å². The molecule has 0 radical (unpaired) electrons. The summed E-state index contributed by atoms with van der Waals surface area (Å²) in [5.74, 6) is 0.989. The fraction of sp³-hybridized carbons (Fsp3) is 0.500. The van der Waals surface area contributed by atoms with E-state index in [-0.39, 0.29) is 19.0 Å². The van der Waals surface area contributed by atoms with Crippen LogP contribution < -0.4 is 10.6 Å². The molecule has 0 unspecified atom stereocenters. The highest BCUT2D eigenvalue weighted by Gasteiger charge is 2.26. The van der Waals surface area contributed by atoms with Crippen LogP contribution in [0.25, 0.3) is 0 Å². The molecule has 1 aromatic heterocycles. The maximum Gasteiger partial charge on any atom is 0.243 e. The number of nitrogens with zero attached hydrogens (tertiary/aromatic N) is 4. The average Bonchev–Trinajstić information content (AvgIpc) is 3.22. The Morgan fingerprint density at radius 2 is 2.04 bits per heavy atom. The Kier molecular flexibility index (Phi) is 6.62. The van der Waals surface area contributed by atoms with E-state index in [2.05, 4.69) is 15.0 Å². The number of hydrogen-bond acceptors (Lipinski definition) is 7. The van der Waals surface area contributed by atoms with Crippen molar-refractivity contribution in [1.82, 2.24) is 14.4 Å². The van der Waals surface area contributed by atoms with Gasteiger partial charge in [-0.3, -0.25) is 0 Å². The second-order valence-electron chi connectivity index (χ2n) is 5.86. The van der Waals surface area contributed by atoms with Gasteiger partial charge in [0, 0.05) is 25.3 Å². The maximum atomic E-state index is 12.7. The largest absolute Gasteiger partial charge is 0.363 e. The summed E-state index contributed by atoms with van der Waals surface area (Å²) in [6.45, 7) is 6.13. The van der Waals surface area contributed by atoms with Crippen molar-refractivity contribution in [3.8, 4) is 0 Å². The summed E-state index contributed by atoms with van der Waals surface area (Å²) >= 11 is 0. The van der Waals surface area contributed by atoms with Gasteiger partial charge in [-0.2, -0.15) is 9.29 Å². The molecule has 1 aromatic carbocycles. The van der Waals surface area contributed by atoms with Crippen molar-refractivity contribution in [3.63, 3.8) is 0 Å². The molecule has 3 rings (SSSR count). The first-order valence-corrected chi connectivity index (χ1v) is 9.83. The zero-order chi connectivity index (χ0) is 18.0. The minimum absolute atomic E-state index is 0. The van der Waals surface area contributed by atoms with Gasteiger partial charge in [-0.15, -0.1) is 12.4 Å². The number of halogens is 1. The minimum Gasteiger partial charge on any atom is -0.363 e. The Balaban J connectivity index is 0.00000243. The van der Waals surface area contributed by atoms with E-state index in [4.69, 9.17) is 10.3 Å². The number of nitrogens with two attached hydrogens (primary N) is 1. The molecule has 0 amide bonds. The standard InChI is InChI=1S/C16H23N5O3S.ClH/c1-3-21(4-2)25(22,23)13-5-6-14-12(9-13)7-8-20(14)11-15-18-16(10-17)24-19-15;/h5-6,9H,3-4,7-8,10-11,17H2,1-2H3;1H. The molecular weight excluding hydrogens is 378 g/mol. The fourth-order valence-corrected chi connectivity index (χ4v) is 4.60. The van der Waals surface area contributed by atoms with Crippen molar-refractivity contribution in [2.45, 2.75) is 38.3 Å². The molecule has 0 atom stereocenters. The summed E-state index contributed by atoms with van der Waals surface area (Å²) in [6, 6.07) is 5.32. The number of hydrogen-bond donors (Lipinski definition) is 1. The van der Waals surface area contributed by atoms with Gasteiger partial charge in [-0.1, -0.05) is 19.0 Å². The van der Waals surface area contributed by atoms with Crippen LogP contribution in [0, 0.1) is 0 Å². The minimum atomic E-state index is -3.44. The molecule has 2 aromatic rings. The molecule has 0 spiro atoms. The summed E-state index contributed by atoms with van der Waals surface area (Å²) in [6.07, 6.45) is 0.790. The Bertz CT molecular complexity index is 851. The Morgan fingerprint density at radius 3 is 2.65 bits per heavy atom. The quantitative estimate of drug-likeness (QED) is 0.750. The normalized spacial score (nSPS) is 13.8. The number of fused-ring (bicyclic) bond motifs is 1. The van der Waals surface area contributed by atoms with Crippen molar-refractivity contribution in [2.24, 2.45) is 5.73 Å². The summed E-state index contributed by atoms with van der Waals surface area (Å²) < 4.78 is 31.8. The fourth-order valence-electron chi connectivity index (χ4n) is 3.09. The molecule has 26 heavy (non-hydrogen) atoms. The first-order chi connectivity index (χ1) is 12.0. The Morgan fingerprint density at radius 1 is 1.31 bits per heavy atom. The Labute approximate surface area is 159 Å². The van der Waals surface area contributed by atoms with Gasteiger partial charge in [0.25, 0.3) is 0 Å². The maximum absolute atomic E-state index is 12.7. The van der Waals surface area contributed by atoms with E-state index in [1.807, 2.05) is 19.9 Å². The zero-order valence-corrected chi connectivity index (χ0v) is 16.5. The first kappa shape index (κ1) is 20.6. The molecule has 0 bridgehead atoms. The van der Waals surface area contributed by atoms with E-state index in [1.54, 1.807) is 12.1 Å². The van der Waals surface area contributed by atoms with E-state index in [0.717, 1.165) is 24.2 Å². The highest BCUT2D eigenvalue weighted by molar-refractivity contribution is 7.89. The van der Waals surface area contributed by atoms with Gasteiger partial charge >= 0.3 is 0 Å². The molecule has 0 aliphatic carbocycles. The zero-order valence-electron chi connectivity index (χ0n) is 14.9. The van der Waals surface area contributed by atoms with E-state index in [1.165, 1.54) is 4.31 Å².